The van der Waals surface area contributed by atoms with Gasteiger partial charge in [-0.2, -0.15) is 5.26 Å². The van der Waals surface area contributed by atoms with Crippen LogP contribution in [0.1, 0.15) is 11.1 Å². The van der Waals surface area contributed by atoms with Crippen molar-refractivity contribution in [1.82, 2.24) is 0 Å². The summed E-state index contributed by atoms with van der Waals surface area (Å²) < 4.78 is 0. The van der Waals surface area contributed by atoms with Crippen molar-refractivity contribution >= 4 is 12.7 Å². The molecule has 0 aromatic heterocycles. The Bertz CT molecular complexity index is 366. The molecule has 0 atom stereocenters. The monoisotopic (exact) mass is 173 g/mol. The van der Waals surface area contributed by atoms with Crippen LogP contribution >= 0.6 is 0 Å². The van der Waals surface area contributed by atoms with Crippen molar-refractivity contribution < 1.29 is 9.63 Å². The van der Waals surface area contributed by atoms with Gasteiger partial charge < -0.3 is 4.84 Å². The summed E-state index contributed by atoms with van der Waals surface area (Å²) in [7, 11) is 0. The first kappa shape index (κ1) is 8.94. The van der Waals surface area contributed by atoms with Gasteiger partial charge in [0.15, 0.2) is 0 Å². The molecule has 0 saturated heterocycles. The van der Waals surface area contributed by atoms with Crippen molar-refractivity contribution in [3.8, 4) is 6.07 Å². The molecule has 0 aliphatic carbocycles. The lowest BCUT2D eigenvalue weighted by Gasteiger charge is -1.93. The van der Waals surface area contributed by atoms with Crippen molar-refractivity contribution in [2.45, 2.75) is 0 Å². The number of rotatable bonds is 3. The molecule has 0 saturated carbocycles. The second kappa shape index (κ2) is 4.67. The molecule has 1 aromatic rings. The summed E-state index contributed by atoms with van der Waals surface area (Å²) in [6, 6.07) is 8.81. The molecule has 0 spiro atoms. The Labute approximate surface area is 75.0 Å². The predicted octanol–water partition coefficient (Wildman–Crippen LogP) is 0.976. The van der Waals surface area contributed by atoms with E-state index in [0.29, 0.717) is 11.1 Å². The third-order valence-electron chi connectivity index (χ3n) is 1.36. The number of hydrogen-bond acceptors (Lipinski definition) is 4. The SMILES string of the molecule is N#Cc1ccccc1/C=N/O[C]=O. The minimum Gasteiger partial charge on any atom is -0.306 e. The molecule has 0 unspecified atom stereocenters. The molecule has 0 heterocycles. The van der Waals surface area contributed by atoms with E-state index in [1.165, 1.54) is 6.21 Å². The quantitative estimate of drug-likeness (QED) is 0.388. The largest absolute Gasteiger partial charge is 0.445 e. The molecule has 4 nitrogen and oxygen atoms in total. The van der Waals surface area contributed by atoms with Crippen LogP contribution in [0, 0.1) is 11.3 Å². The Hall–Kier alpha value is -2.15. The highest BCUT2D eigenvalue weighted by Gasteiger charge is 1.95. The van der Waals surface area contributed by atoms with Crippen molar-refractivity contribution in [2.75, 3.05) is 0 Å². The van der Waals surface area contributed by atoms with Gasteiger partial charge in [0.2, 0.25) is 0 Å². The van der Waals surface area contributed by atoms with Gasteiger partial charge in [0.05, 0.1) is 17.8 Å². The first-order valence-electron chi connectivity index (χ1n) is 3.44. The maximum absolute atomic E-state index is 9.62. The minimum absolute atomic E-state index is 0.473. The first-order valence-corrected chi connectivity index (χ1v) is 3.44. The predicted molar refractivity (Wildman–Crippen MR) is 45.5 cm³/mol. The molecule has 0 amide bonds. The lowest BCUT2D eigenvalue weighted by Crippen LogP contribution is -1.87. The number of nitrogens with zero attached hydrogens (tertiary/aromatic N) is 2. The van der Waals surface area contributed by atoms with Gasteiger partial charge in [-0.15, -0.1) is 0 Å². The van der Waals surface area contributed by atoms with E-state index in [2.05, 4.69) is 9.99 Å². The van der Waals surface area contributed by atoms with E-state index < -0.39 is 0 Å². The molecule has 0 aliphatic rings. The van der Waals surface area contributed by atoms with Crippen molar-refractivity contribution in [1.29, 1.82) is 5.26 Å². The summed E-state index contributed by atoms with van der Waals surface area (Å²) in [6.45, 7) is 1.14. The van der Waals surface area contributed by atoms with E-state index in [4.69, 9.17) is 5.26 Å². The van der Waals surface area contributed by atoms with Crippen LogP contribution < -0.4 is 0 Å². The topological polar surface area (TPSA) is 62.4 Å². The smallest absolute Gasteiger partial charge is 0.306 e. The fourth-order valence-corrected chi connectivity index (χ4v) is 0.816. The van der Waals surface area contributed by atoms with Crippen molar-refractivity contribution in [2.24, 2.45) is 5.16 Å². The molecule has 0 bridgehead atoms. The lowest BCUT2D eigenvalue weighted by atomic mass is 10.1. The van der Waals surface area contributed by atoms with Gasteiger partial charge in [-0.3, -0.25) is 0 Å². The maximum Gasteiger partial charge on any atom is 0.445 e. The number of nitriles is 1. The molecular weight excluding hydrogens is 168 g/mol. The molecule has 1 rings (SSSR count). The van der Waals surface area contributed by atoms with E-state index in [1.54, 1.807) is 24.3 Å². The van der Waals surface area contributed by atoms with Crippen molar-refractivity contribution in [3.63, 3.8) is 0 Å². The highest BCUT2D eigenvalue weighted by molar-refractivity contribution is 5.82. The lowest BCUT2D eigenvalue weighted by molar-refractivity contribution is 0.298. The molecule has 0 fully saturated rings. The molecule has 1 radical (unpaired) electrons. The number of benzene rings is 1. The number of hydrogen-bond donors (Lipinski definition) is 0. The third-order valence-corrected chi connectivity index (χ3v) is 1.36. The summed E-state index contributed by atoms with van der Waals surface area (Å²) in [5, 5.41) is 11.9. The van der Waals surface area contributed by atoms with Crippen molar-refractivity contribution in [3.05, 3.63) is 35.4 Å². The van der Waals surface area contributed by atoms with E-state index >= 15 is 0 Å². The van der Waals surface area contributed by atoms with Gasteiger partial charge in [-0.25, -0.2) is 4.79 Å². The van der Waals surface area contributed by atoms with E-state index in [-0.39, 0.29) is 0 Å². The summed E-state index contributed by atoms with van der Waals surface area (Å²) in [4.78, 5) is 13.6. The summed E-state index contributed by atoms with van der Waals surface area (Å²) in [6.07, 6.45) is 1.28. The summed E-state index contributed by atoms with van der Waals surface area (Å²) in [5.74, 6) is 0. The van der Waals surface area contributed by atoms with Gasteiger partial charge in [-0.1, -0.05) is 23.4 Å². The van der Waals surface area contributed by atoms with E-state index in [9.17, 15) is 4.79 Å². The van der Waals surface area contributed by atoms with Crippen LogP contribution in [0.4, 0.5) is 0 Å². The third kappa shape index (κ3) is 2.42. The zero-order valence-corrected chi connectivity index (χ0v) is 6.60. The summed E-state index contributed by atoms with van der Waals surface area (Å²) >= 11 is 0. The Morgan fingerprint density at radius 2 is 2.23 bits per heavy atom. The first-order chi connectivity index (χ1) is 6.38. The van der Waals surface area contributed by atoms with Gasteiger partial charge in [0.1, 0.15) is 0 Å². The van der Waals surface area contributed by atoms with Crippen LogP contribution in [0.2, 0.25) is 0 Å². The maximum atomic E-state index is 9.62. The number of oxime groups is 1. The molecule has 13 heavy (non-hydrogen) atoms. The molecule has 0 aliphatic heterocycles. The Kier molecular flexibility index (Phi) is 3.21. The molecule has 63 valence electrons. The molecular formula is C9H5N2O2. The van der Waals surface area contributed by atoms with Crippen LogP contribution in [0.25, 0.3) is 0 Å². The normalized spacial score (nSPS) is 9.46. The second-order valence-corrected chi connectivity index (χ2v) is 2.11. The fraction of sp³-hybridized carbons (Fsp3) is 0. The van der Waals surface area contributed by atoms with Gasteiger partial charge in [0, 0.05) is 5.56 Å². The average molecular weight is 173 g/mol. The average Bonchev–Trinajstić information content (AvgIpc) is 2.19. The number of carbonyl (C=O) groups excluding carboxylic acids is 1. The summed E-state index contributed by atoms with van der Waals surface area (Å²) in [5.41, 5.74) is 1.07. The standard InChI is InChI=1S/C9H5N2O2/c10-5-8-3-1-2-4-9(8)6-11-13-7-12/h1-4,6H/b11-6+. The van der Waals surface area contributed by atoms with Gasteiger partial charge in [0.25, 0.3) is 0 Å². The van der Waals surface area contributed by atoms with Gasteiger partial charge >= 0.3 is 6.47 Å². The van der Waals surface area contributed by atoms with Crippen LogP contribution in [0.5, 0.6) is 0 Å². The van der Waals surface area contributed by atoms with E-state index in [1.807, 2.05) is 6.07 Å². The Morgan fingerprint density at radius 3 is 2.92 bits per heavy atom. The highest BCUT2D eigenvalue weighted by Crippen LogP contribution is 2.03. The fourth-order valence-electron chi connectivity index (χ4n) is 0.816. The van der Waals surface area contributed by atoms with Crippen LogP contribution in [0.3, 0.4) is 0 Å². The molecule has 1 aromatic carbocycles. The second-order valence-electron chi connectivity index (χ2n) is 2.11. The minimum atomic E-state index is 0.473. The van der Waals surface area contributed by atoms with Crippen LogP contribution in [0.15, 0.2) is 29.4 Å². The van der Waals surface area contributed by atoms with Crippen LogP contribution in [-0.4, -0.2) is 12.7 Å². The van der Waals surface area contributed by atoms with Gasteiger partial charge in [-0.05, 0) is 6.07 Å². The molecule has 0 N–H and O–H groups in total. The zero-order valence-electron chi connectivity index (χ0n) is 6.60. The van der Waals surface area contributed by atoms with E-state index in [0.717, 1.165) is 6.47 Å². The zero-order chi connectivity index (χ0) is 9.52. The Morgan fingerprint density at radius 1 is 1.46 bits per heavy atom. The highest BCUT2D eigenvalue weighted by atomic mass is 16.7. The molecule has 4 heteroatoms. The Balaban J connectivity index is 2.88. The van der Waals surface area contributed by atoms with Crippen LogP contribution in [-0.2, 0) is 9.63 Å².